The molecule has 1 heterocycles. The van der Waals surface area contributed by atoms with Crippen LogP contribution in [0.1, 0.15) is 47.2 Å². The molecule has 8 aromatic carbocycles. The maximum absolute atomic E-state index is 2.53. The van der Waals surface area contributed by atoms with Crippen LogP contribution in [0.3, 0.4) is 0 Å². The molecule has 0 amide bonds. The first-order chi connectivity index (χ1) is 26.5. The van der Waals surface area contributed by atoms with Crippen LogP contribution in [0.4, 0.5) is 17.1 Å². The molecular formula is C52H37NS. The molecule has 256 valence electrons. The van der Waals surface area contributed by atoms with Gasteiger partial charge in [0.05, 0.1) is 5.69 Å². The predicted octanol–water partition coefficient (Wildman–Crippen LogP) is 14.2. The lowest BCUT2D eigenvalue weighted by Gasteiger charge is -2.32. The Labute approximate surface area is 320 Å². The summed E-state index contributed by atoms with van der Waals surface area (Å²) in [6.07, 6.45) is 0. The highest BCUT2D eigenvalue weighted by atomic mass is 32.1. The maximum Gasteiger partial charge on any atom is 0.0543 e. The number of anilines is 3. The third-order valence-electron chi connectivity index (χ3n) is 12.4. The van der Waals surface area contributed by atoms with Crippen molar-refractivity contribution in [3.8, 4) is 22.3 Å². The van der Waals surface area contributed by atoms with Crippen molar-refractivity contribution in [2.45, 2.75) is 24.7 Å². The quantitative estimate of drug-likeness (QED) is 0.172. The third kappa shape index (κ3) is 4.26. The molecule has 0 fully saturated rings. The van der Waals surface area contributed by atoms with Crippen molar-refractivity contribution in [2.75, 3.05) is 4.90 Å². The largest absolute Gasteiger partial charge is 0.310 e. The van der Waals surface area contributed by atoms with Gasteiger partial charge in [0, 0.05) is 47.9 Å². The minimum atomic E-state index is -0.304. The molecule has 54 heavy (non-hydrogen) atoms. The molecule has 11 rings (SSSR count). The maximum atomic E-state index is 2.53. The Kier molecular flexibility index (Phi) is 6.75. The normalized spacial score (nSPS) is 18.0. The van der Waals surface area contributed by atoms with Crippen LogP contribution in [0, 0.1) is 0 Å². The van der Waals surface area contributed by atoms with Crippen LogP contribution in [0.15, 0.2) is 188 Å². The molecule has 2 unspecified atom stereocenters. The SMILES string of the molecule is CC1(c2ccccc2)c2ccccc2-c2ccc(N(c3ccc4c(c3)sc3ccccc34)c3cccc4c3-c3ccccc3C4(C)c3ccccc3)cc21. The monoisotopic (exact) mass is 707 g/mol. The van der Waals surface area contributed by atoms with Crippen molar-refractivity contribution in [3.05, 3.63) is 221 Å². The first-order valence-corrected chi connectivity index (χ1v) is 19.7. The lowest BCUT2D eigenvalue weighted by Crippen LogP contribution is -2.23. The number of nitrogens with zero attached hydrogens (tertiary/aromatic N) is 1. The number of hydrogen-bond donors (Lipinski definition) is 0. The van der Waals surface area contributed by atoms with E-state index in [4.69, 9.17) is 0 Å². The summed E-state index contributed by atoms with van der Waals surface area (Å²) in [6, 6.07) is 70.1. The van der Waals surface area contributed by atoms with Crippen LogP contribution < -0.4 is 4.90 Å². The standard InChI is InChI=1S/C52H37NS/c1-51(34-16-5-3-6-17-34)44-24-13-10-22-42(44)50-45(51)25-15-26-47(50)53(37-29-31-41-40-21-11-14-27-48(40)54-49(41)33-37)36-28-30-39-38-20-9-12-23-43(38)52(2,46(39)32-36)35-18-7-4-8-19-35/h3-33H,1-2H3. The van der Waals surface area contributed by atoms with Gasteiger partial charge in [-0.1, -0.05) is 152 Å². The summed E-state index contributed by atoms with van der Waals surface area (Å²) in [7, 11) is 0. The van der Waals surface area contributed by atoms with Crippen LogP contribution in [0.25, 0.3) is 42.4 Å². The van der Waals surface area contributed by atoms with Crippen molar-refractivity contribution in [2.24, 2.45) is 0 Å². The highest BCUT2D eigenvalue weighted by Gasteiger charge is 2.44. The van der Waals surface area contributed by atoms with Crippen LogP contribution >= 0.6 is 11.3 Å². The topological polar surface area (TPSA) is 3.24 Å². The first kappa shape index (κ1) is 31.3. The molecule has 0 saturated carbocycles. The Morgan fingerprint density at radius 3 is 1.69 bits per heavy atom. The zero-order valence-electron chi connectivity index (χ0n) is 30.3. The number of thiophene rings is 1. The van der Waals surface area contributed by atoms with Gasteiger partial charge < -0.3 is 4.90 Å². The summed E-state index contributed by atoms with van der Waals surface area (Å²) in [5, 5.41) is 2.62. The second kappa shape index (κ2) is 11.6. The summed E-state index contributed by atoms with van der Waals surface area (Å²) in [6.45, 7) is 4.81. The van der Waals surface area contributed by atoms with Crippen molar-refractivity contribution >= 4 is 48.6 Å². The number of benzene rings is 8. The summed E-state index contributed by atoms with van der Waals surface area (Å²) in [5.41, 5.74) is 16.1. The molecule has 0 bridgehead atoms. The van der Waals surface area contributed by atoms with E-state index in [2.05, 4.69) is 207 Å². The summed E-state index contributed by atoms with van der Waals surface area (Å²) in [5.74, 6) is 0. The van der Waals surface area contributed by atoms with Crippen LogP contribution in [0.5, 0.6) is 0 Å². The van der Waals surface area contributed by atoms with E-state index in [9.17, 15) is 0 Å². The van der Waals surface area contributed by atoms with Crippen LogP contribution in [-0.4, -0.2) is 0 Å². The van der Waals surface area contributed by atoms with Gasteiger partial charge >= 0.3 is 0 Å². The van der Waals surface area contributed by atoms with Crippen molar-refractivity contribution < 1.29 is 0 Å². The second-order valence-electron chi connectivity index (χ2n) is 15.1. The molecule has 0 aliphatic heterocycles. The van der Waals surface area contributed by atoms with E-state index >= 15 is 0 Å². The van der Waals surface area contributed by atoms with E-state index in [1.807, 2.05) is 11.3 Å². The zero-order valence-corrected chi connectivity index (χ0v) is 31.1. The Morgan fingerprint density at radius 2 is 0.926 bits per heavy atom. The van der Waals surface area contributed by atoms with Gasteiger partial charge in [-0.05, 0) is 100 Å². The van der Waals surface area contributed by atoms with Gasteiger partial charge in [0.25, 0.3) is 0 Å². The van der Waals surface area contributed by atoms with Crippen molar-refractivity contribution in [1.29, 1.82) is 0 Å². The average Bonchev–Trinajstić information content (AvgIpc) is 3.83. The van der Waals surface area contributed by atoms with Gasteiger partial charge in [0.1, 0.15) is 0 Å². The molecule has 0 radical (unpaired) electrons. The highest BCUT2D eigenvalue weighted by Crippen LogP contribution is 2.58. The van der Waals surface area contributed by atoms with E-state index in [0.717, 1.165) is 11.4 Å². The minimum Gasteiger partial charge on any atom is -0.310 e. The Balaban J connectivity index is 1.20. The second-order valence-corrected chi connectivity index (χ2v) is 16.2. The lowest BCUT2D eigenvalue weighted by molar-refractivity contribution is 0.713. The summed E-state index contributed by atoms with van der Waals surface area (Å²) >= 11 is 1.88. The van der Waals surface area contributed by atoms with Gasteiger partial charge in [-0.15, -0.1) is 11.3 Å². The average molecular weight is 708 g/mol. The van der Waals surface area contributed by atoms with Crippen LogP contribution in [0.2, 0.25) is 0 Å². The molecule has 2 aliphatic rings. The molecule has 2 aliphatic carbocycles. The van der Waals surface area contributed by atoms with Crippen molar-refractivity contribution in [3.63, 3.8) is 0 Å². The molecule has 2 heteroatoms. The Bertz CT molecular complexity index is 2920. The fourth-order valence-corrected chi connectivity index (χ4v) is 10.9. The van der Waals surface area contributed by atoms with E-state index in [1.54, 1.807) is 0 Å². The molecular weight excluding hydrogens is 671 g/mol. The summed E-state index contributed by atoms with van der Waals surface area (Å²) < 4.78 is 2.61. The van der Waals surface area contributed by atoms with E-state index < -0.39 is 0 Å². The smallest absolute Gasteiger partial charge is 0.0543 e. The third-order valence-corrected chi connectivity index (χ3v) is 13.6. The number of hydrogen-bond acceptors (Lipinski definition) is 2. The zero-order chi connectivity index (χ0) is 36.0. The van der Waals surface area contributed by atoms with Gasteiger partial charge in [-0.3, -0.25) is 0 Å². The van der Waals surface area contributed by atoms with Crippen LogP contribution in [-0.2, 0) is 10.8 Å². The molecule has 9 aromatic rings. The minimum absolute atomic E-state index is 0.296. The fourth-order valence-electron chi connectivity index (χ4n) is 9.77. The highest BCUT2D eigenvalue weighted by molar-refractivity contribution is 7.25. The van der Waals surface area contributed by atoms with E-state index in [1.165, 1.54) is 81.5 Å². The lowest BCUT2D eigenvalue weighted by atomic mass is 9.74. The van der Waals surface area contributed by atoms with Crippen molar-refractivity contribution in [1.82, 2.24) is 0 Å². The molecule has 0 saturated heterocycles. The molecule has 0 spiro atoms. The first-order valence-electron chi connectivity index (χ1n) is 18.9. The molecule has 1 nitrogen and oxygen atoms in total. The van der Waals surface area contributed by atoms with Gasteiger partial charge in [0.15, 0.2) is 0 Å². The molecule has 2 atom stereocenters. The predicted molar refractivity (Wildman–Crippen MR) is 229 cm³/mol. The van der Waals surface area contributed by atoms with Gasteiger partial charge in [0.2, 0.25) is 0 Å². The number of rotatable bonds is 5. The van der Waals surface area contributed by atoms with E-state index in [-0.39, 0.29) is 10.8 Å². The van der Waals surface area contributed by atoms with Gasteiger partial charge in [-0.25, -0.2) is 0 Å². The molecule has 1 aromatic heterocycles. The number of fused-ring (bicyclic) bond motifs is 9. The van der Waals surface area contributed by atoms with E-state index in [0.29, 0.717) is 0 Å². The molecule has 0 N–H and O–H groups in total. The fraction of sp³-hybridized carbons (Fsp3) is 0.0769. The Hall–Kier alpha value is -6.22. The summed E-state index contributed by atoms with van der Waals surface area (Å²) in [4.78, 5) is 2.53. The van der Waals surface area contributed by atoms with Gasteiger partial charge in [-0.2, -0.15) is 0 Å². The Morgan fingerprint density at radius 1 is 0.389 bits per heavy atom.